The van der Waals surface area contributed by atoms with Crippen molar-refractivity contribution in [3.05, 3.63) is 71.8 Å². The first-order valence-electron chi connectivity index (χ1n) is 22.8. The summed E-state index contributed by atoms with van der Waals surface area (Å²) in [7, 11) is 0. The molecule has 2 aromatic carbocycles. The predicted octanol–water partition coefficient (Wildman–Crippen LogP) is 2.78. The number of amides is 8. The number of unbranched alkanes of at least 4 members (excludes halogenated alkanes) is 1. The summed E-state index contributed by atoms with van der Waals surface area (Å²) in [5, 5.41) is 32.7. The van der Waals surface area contributed by atoms with Gasteiger partial charge in [0.2, 0.25) is 29.5 Å². The molecular formula is C47H68N8O12. The number of carbonyl (C=O) groups is 9. The number of hydrogen-bond acceptors (Lipinski definition) is 10. The number of rotatable bonds is 25. The van der Waals surface area contributed by atoms with E-state index in [0.717, 1.165) is 18.1 Å². The van der Waals surface area contributed by atoms with Crippen LogP contribution in [0.5, 0.6) is 0 Å². The van der Waals surface area contributed by atoms with Crippen LogP contribution in [0.15, 0.2) is 60.7 Å². The van der Waals surface area contributed by atoms with Gasteiger partial charge < -0.3 is 46.4 Å². The highest BCUT2D eigenvalue weighted by Crippen LogP contribution is 2.25. The molecule has 1 fully saturated rings. The van der Waals surface area contributed by atoms with Gasteiger partial charge in [-0.15, -0.1) is 0 Å². The van der Waals surface area contributed by atoms with Crippen molar-refractivity contribution in [2.24, 2.45) is 11.8 Å². The molecule has 0 radical (unpaired) electrons. The van der Waals surface area contributed by atoms with Gasteiger partial charge in [0.15, 0.2) is 0 Å². The van der Waals surface area contributed by atoms with Gasteiger partial charge >= 0.3 is 18.0 Å². The minimum atomic E-state index is -1.60. The average Bonchev–Trinajstić information content (AvgIpc) is 3.73. The van der Waals surface area contributed by atoms with E-state index in [-0.39, 0.29) is 26.1 Å². The Bertz CT molecular complexity index is 1990. The first-order chi connectivity index (χ1) is 31.7. The Balaban J connectivity index is 1.91. The number of benzene rings is 2. The molecule has 20 heteroatoms. The number of ether oxygens (including phenoxy) is 1. The molecule has 1 aliphatic rings. The Hall–Kier alpha value is -6.57. The van der Waals surface area contributed by atoms with E-state index >= 15 is 0 Å². The molecule has 8 amide bonds. The first-order valence-corrected chi connectivity index (χ1v) is 22.8. The normalized spacial score (nSPS) is 17.1. The second-order valence-corrected chi connectivity index (χ2v) is 17.2. The number of hydrogen-bond donors (Lipinski definition) is 8. The van der Waals surface area contributed by atoms with Crippen LogP contribution in [0.4, 0.5) is 4.79 Å². The second kappa shape index (κ2) is 27.2. The maximum atomic E-state index is 14.8. The summed E-state index contributed by atoms with van der Waals surface area (Å²) in [4.78, 5) is 120. The highest BCUT2D eigenvalue weighted by molar-refractivity contribution is 5.97. The van der Waals surface area contributed by atoms with Gasteiger partial charge in [-0.2, -0.15) is 0 Å². The smallest absolute Gasteiger partial charge is 0.336 e. The summed E-state index contributed by atoms with van der Waals surface area (Å²) in [5.41, 5.74) is 4.47. The Morgan fingerprint density at radius 2 is 1.37 bits per heavy atom. The molecule has 0 aliphatic carbocycles. The molecule has 8 atom stereocenters. The maximum Gasteiger partial charge on any atom is 0.336 e. The molecule has 0 saturated carbocycles. The predicted molar refractivity (Wildman–Crippen MR) is 245 cm³/mol. The maximum absolute atomic E-state index is 14.8. The number of nitrogens with one attached hydrogen (secondary N) is 6. The third kappa shape index (κ3) is 17.6. The molecule has 1 saturated heterocycles. The molecule has 368 valence electrons. The molecule has 0 spiro atoms. The summed E-state index contributed by atoms with van der Waals surface area (Å²) in [6, 6.07) is 10.8. The van der Waals surface area contributed by atoms with Gasteiger partial charge in [-0.25, -0.2) is 9.80 Å². The number of likely N-dealkylation sites (tertiary alicyclic amines) is 1. The number of carbonyl (C=O) groups excluding carboxylic acids is 7. The topological polar surface area (TPSA) is 282 Å². The SMILES string of the molecule is CCCCN(NC(=O)[C@@H]1C[C@@H](OCc2ccccc2)CN1C(=O)[C@@H](NC(=O)[C@@H](NC(=O)[C@@H](CCC(=O)O)NC(=O)[C@H](CC(=O)O)NC(C)=O)[C@@H](C)CC)C(C)C)C(=O)N[C@@H](C)c1ccccc1. The average molecular weight is 937 g/mol. The molecule has 1 heterocycles. The van der Waals surface area contributed by atoms with Gasteiger partial charge in [0, 0.05) is 32.9 Å². The van der Waals surface area contributed by atoms with E-state index in [2.05, 4.69) is 32.0 Å². The molecule has 0 bridgehead atoms. The minimum absolute atomic E-state index is 0.0348. The molecule has 0 aromatic heterocycles. The van der Waals surface area contributed by atoms with Crippen molar-refractivity contribution in [3.8, 4) is 0 Å². The van der Waals surface area contributed by atoms with Gasteiger partial charge in [0.05, 0.1) is 25.2 Å². The van der Waals surface area contributed by atoms with Crippen molar-refractivity contribution in [1.29, 1.82) is 0 Å². The van der Waals surface area contributed by atoms with Crippen LogP contribution in [0.25, 0.3) is 0 Å². The molecule has 67 heavy (non-hydrogen) atoms. The van der Waals surface area contributed by atoms with Crippen LogP contribution in [-0.4, -0.2) is 123 Å². The summed E-state index contributed by atoms with van der Waals surface area (Å²) in [6.07, 6.45) is -0.814. The lowest BCUT2D eigenvalue weighted by molar-refractivity contribution is -0.144. The van der Waals surface area contributed by atoms with E-state index in [4.69, 9.17) is 4.74 Å². The van der Waals surface area contributed by atoms with Crippen molar-refractivity contribution in [3.63, 3.8) is 0 Å². The van der Waals surface area contributed by atoms with E-state index in [1.165, 1.54) is 9.91 Å². The standard InChI is InChI=1S/C47H68N8O12/c1-8-10-23-55(47(66)48-30(6)33-19-15-12-16-20-33)53-44(63)37-24-34(67-27-32-17-13-11-14-18-32)26-54(37)46(65)40(28(3)4)51-45(64)41(29(5)9-2)52-42(61)35(21-22-38(57)58)50-43(62)36(25-39(59)60)49-31(7)56/h11-20,28-30,34-37,40-41H,8-10,21-27H2,1-7H3,(H,48,66)(H,49,56)(H,50,62)(H,51,64)(H,52,61)(H,53,63)(H,57,58)(H,59,60)/t29-,30-,34+,35+,36-,37-,40-,41-/m0/s1. The molecule has 8 N–H and O–H groups in total. The lowest BCUT2D eigenvalue weighted by atomic mass is 9.95. The summed E-state index contributed by atoms with van der Waals surface area (Å²) in [6.45, 7) is 12.0. The fourth-order valence-corrected chi connectivity index (χ4v) is 7.35. The van der Waals surface area contributed by atoms with Crippen LogP contribution in [0.1, 0.15) is 111 Å². The van der Waals surface area contributed by atoms with E-state index < -0.39 is 127 Å². The zero-order valence-electron chi connectivity index (χ0n) is 39.4. The van der Waals surface area contributed by atoms with Crippen LogP contribution < -0.4 is 32.0 Å². The number of carboxylic acid groups (broad SMARTS) is 2. The summed E-state index contributed by atoms with van der Waals surface area (Å²) in [5.74, 6) is -8.68. The fourth-order valence-electron chi connectivity index (χ4n) is 7.35. The molecule has 2 aromatic rings. The second-order valence-electron chi connectivity index (χ2n) is 17.2. The van der Waals surface area contributed by atoms with Crippen molar-refractivity contribution in [1.82, 2.24) is 41.9 Å². The lowest BCUT2D eigenvalue weighted by Crippen LogP contribution is -2.62. The molecule has 1 aliphatic heterocycles. The number of aliphatic carboxylic acids is 2. The largest absolute Gasteiger partial charge is 0.481 e. The number of hydrazine groups is 1. The third-order valence-corrected chi connectivity index (χ3v) is 11.4. The Kier molecular flexibility index (Phi) is 22.2. The summed E-state index contributed by atoms with van der Waals surface area (Å²) < 4.78 is 6.24. The minimum Gasteiger partial charge on any atom is -0.481 e. The van der Waals surface area contributed by atoms with Crippen molar-refractivity contribution >= 4 is 53.4 Å². The fraction of sp³-hybridized carbons (Fsp3) is 0.553. The first kappa shape index (κ1) is 54.8. The van der Waals surface area contributed by atoms with Crippen LogP contribution in [0, 0.1) is 11.8 Å². The van der Waals surface area contributed by atoms with Crippen molar-refractivity contribution < 1.29 is 58.1 Å². The lowest BCUT2D eigenvalue weighted by Gasteiger charge is -2.33. The van der Waals surface area contributed by atoms with E-state index in [1.807, 2.05) is 74.5 Å². The van der Waals surface area contributed by atoms with Gasteiger partial charge in [0.1, 0.15) is 30.2 Å². The van der Waals surface area contributed by atoms with Crippen LogP contribution >= 0.6 is 0 Å². The van der Waals surface area contributed by atoms with Gasteiger partial charge in [-0.05, 0) is 42.7 Å². The van der Waals surface area contributed by atoms with Gasteiger partial charge in [-0.1, -0.05) is 108 Å². The zero-order chi connectivity index (χ0) is 49.8. The third-order valence-electron chi connectivity index (χ3n) is 11.4. The zero-order valence-corrected chi connectivity index (χ0v) is 39.4. The van der Waals surface area contributed by atoms with Crippen LogP contribution in [0.3, 0.4) is 0 Å². The molecule has 0 unspecified atom stereocenters. The number of urea groups is 1. The Morgan fingerprint density at radius 3 is 1.94 bits per heavy atom. The highest BCUT2D eigenvalue weighted by atomic mass is 16.5. The Morgan fingerprint density at radius 1 is 0.761 bits per heavy atom. The number of carboxylic acids is 2. The van der Waals surface area contributed by atoms with Gasteiger partial charge in [-0.3, -0.25) is 43.8 Å². The van der Waals surface area contributed by atoms with Crippen LogP contribution in [0.2, 0.25) is 0 Å². The van der Waals surface area contributed by atoms with Crippen LogP contribution in [-0.2, 0) is 49.7 Å². The van der Waals surface area contributed by atoms with Crippen molar-refractivity contribution in [2.75, 3.05) is 13.1 Å². The Labute approximate surface area is 391 Å². The quantitative estimate of drug-likeness (QED) is 0.0668. The van der Waals surface area contributed by atoms with Gasteiger partial charge in [0.25, 0.3) is 5.91 Å². The monoisotopic (exact) mass is 936 g/mol. The molecule has 3 rings (SSSR count). The molecular weight excluding hydrogens is 869 g/mol. The van der Waals surface area contributed by atoms with Crippen molar-refractivity contribution in [2.45, 2.75) is 142 Å². The van der Waals surface area contributed by atoms with E-state index in [9.17, 15) is 53.4 Å². The number of nitrogens with zero attached hydrogens (tertiary/aromatic N) is 2. The molecule has 20 nitrogen and oxygen atoms in total. The van der Waals surface area contributed by atoms with E-state index in [1.54, 1.807) is 27.7 Å². The highest BCUT2D eigenvalue weighted by Gasteiger charge is 2.45. The van der Waals surface area contributed by atoms with E-state index in [0.29, 0.717) is 19.3 Å². The summed E-state index contributed by atoms with van der Waals surface area (Å²) >= 11 is 0.